The summed E-state index contributed by atoms with van der Waals surface area (Å²) < 4.78 is 11.1. The molecule has 2 aromatic rings. The third-order valence-corrected chi connectivity index (χ3v) is 3.75. The molecule has 2 aromatic carbocycles. The number of rotatable bonds is 11. The van der Waals surface area contributed by atoms with Crippen molar-refractivity contribution in [3.8, 4) is 5.75 Å². The van der Waals surface area contributed by atoms with E-state index in [-0.39, 0.29) is 13.0 Å². The molecule has 0 spiro atoms. The summed E-state index contributed by atoms with van der Waals surface area (Å²) >= 11 is 0. The molecule has 0 heterocycles. The summed E-state index contributed by atoms with van der Waals surface area (Å²) in [5.74, 6) is -0.341. The fraction of sp³-hybridized carbons (Fsp3) is 0.333. The third kappa shape index (κ3) is 6.75. The lowest BCUT2D eigenvalue weighted by atomic mass is 10.1. The summed E-state index contributed by atoms with van der Waals surface area (Å²) in [4.78, 5) is 16.5. The van der Waals surface area contributed by atoms with E-state index in [2.05, 4.69) is 5.16 Å². The van der Waals surface area contributed by atoms with Gasteiger partial charge in [-0.3, -0.25) is 0 Å². The molecule has 0 radical (unpaired) electrons. The van der Waals surface area contributed by atoms with Gasteiger partial charge in [0.15, 0.2) is 6.10 Å². The standard InChI is InChI=1S/C21H25NO5/c1-3-25-20(21(23)24)14-16-9-8-12-18(13-16)26-15-19(22-27-4-2)17-10-6-5-7-11-17/h5-13,20H,3-4,14-15H2,1-2H3,(H,23,24). The quantitative estimate of drug-likeness (QED) is 0.483. The van der Waals surface area contributed by atoms with Crippen molar-refractivity contribution in [2.45, 2.75) is 26.4 Å². The highest BCUT2D eigenvalue weighted by molar-refractivity contribution is 6.01. The van der Waals surface area contributed by atoms with Crippen LogP contribution in [0, 0.1) is 0 Å². The maximum atomic E-state index is 11.3. The van der Waals surface area contributed by atoms with Crippen molar-refractivity contribution in [2.24, 2.45) is 5.16 Å². The number of ether oxygens (including phenoxy) is 2. The number of nitrogens with zero attached hydrogens (tertiary/aromatic N) is 1. The molecule has 0 aliphatic rings. The molecule has 6 heteroatoms. The highest BCUT2D eigenvalue weighted by Crippen LogP contribution is 2.16. The van der Waals surface area contributed by atoms with E-state index in [4.69, 9.17) is 14.3 Å². The van der Waals surface area contributed by atoms with Crippen LogP contribution in [0.4, 0.5) is 0 Å². The molecule has 2 rings (SSSR count). The molecule has 1 unspecified atom stereocenters. The lowest BCUT2D eigenvalue weighted by Gasteiger charge is -2.14. The van der Waals surface area contributed by atoms with Gasteiger partial charge in [-0.05, 0) is 31.5 Å². The molecular weight excluding hydrogens is 346 g/mol. The Kier molecular flexibility index (Phi) is 8.32. The summed E-state index contributed by atoms with van der Waals surface area (Å²) in [7, 11) is 0. The summed E-state index contributed by atoms with van der Waals surface area (Å²) in [6, 6.07) is 17.0. The predicted octanol–water partition coefficient (Wildman–Crippen LogP) is 3.54. The minimum atomic E-state index is -0.974. The normalized spacial score (nSPS) is 12.4. The van der Waals surface area contributed by atoms with Crippen molar-refractivity contribution in [3.63, 3.8) is 0 Å². The van der Waals surface area contributed by atoms with E-state index >= 15 is 0 Å². The predicted molar refractivity (Wildman–Crippen MR) is 103 cm³/mol. The van der Waals surface area contributed by atoms with Crippen LogP contribution in [0.15, 0.2) is 59.8 Å². The van der Waals surface area contributed by atoms with Gasteiger partial charge in [0.05, 0.1) is 0 Å². The van der Waals surface area contributed by atoms with Gasteiger partial charge in [0, 0.05) is 18.6 Å². The Hall–Kier alpha value is -2.86. The Morgan fingerprint density at radius 1 is 1.07 bits per heavy atom. The average molecular weight is 371 g/mol. The van der Waals surface area contributed by atoms with Crippen LogP contribution in [-0.2, 0) is 20.8 Å². The van der Waals surface area contributed by atoms with E-state index in [1.54, 1.807) is 6.92 Å². The molecule has 0 aromatic heterocycles. The van der Waals surface area contributed by atoms with E-state index < -0.39 is 12.1 Å². The molecule has 0 bridgehead atoms. The van der Waals surface area contributed by atoms with Gasteiger partial charge in [0.1, 0.15) is 24.7 Å². The van der Waals surface area contributed by atoms with Crippen LogP contribution in [0.3, 0.4) is 0 Å². The van der Waals surface area contributed by atoms with Crippen molar-refractivity contribution < 1.29 is 24.2 Å². The highest BCUT2D eigenvalue weighted by atomic mass is 16.6. The summed E-state index contributed by atoms with van der Waals surface area (Å²) in [6.07, 6.45) is -0.594. The monoisotopic (exact) mass is 371 g/mol. The van der Waals surface area contributed by atoms with E-state index in [1.807, 2.05) is 61.5 Å². The van der Waals surface area contributed by atoms with Crippen molar-refractivity contribution in [3.05, 3.63) is 65.7 Å². The van der Waals surface area contributed by atoms with E-state index in [0.29, 0.717) is 24.7 Å². The second-order valence-electron chi connectivity index (χ2n) is 5.74. The number of hydrogen-bond acceptors (Lipinski definition) is 5. The Labute approximate surface area is 159 Å². The van der Waals surface area contributed by atoms with E-state index in [9.17, 15) is 9.90 Å². The maximum Gasteiger partial charge on any atom is 0.333 e. The SMILES string of the molecule is CCON=C(COc1cccc(CC(OCC)C(=O)O)c1)c1ccccc1. The number of aliphatic carboxylic acids is 1. The number of carboxylic acid groups (broad SMARTS) is 1. The van der Waals surface area contributed by atoms with Gasteiger partial charge in [0.25, 0.3) is 0 Å². The molecule has 1 atom stereocenters. The molecular formula is C21H25NO5. The Morgan fingerprint density at radius 2 is 1.85 bits per heavy atom. The Balaban J connectivity index is 2.07. The average Bonchev–Trinajstić information content (AvgIpc) is 2.68. The Bertz CT molecular complexity index is 745. The molecule has 0 amide bonds. The first-order chi connectivity index (χ1) is 13.1. The summed E-state index contributed by atoms with van der Waals surface area (Å²) in [6.45, 7) is 4.70. The number of carbonyl (C=O) groups is 1. The zero-order valence-corrected chi connectivity index (χ0v) is 15.6. The smallest absolute Gasteiger partial charge is 0.333 e. The van der Waals surface area contributed by atoms with Crippen molar-refractivity contribution in [2.75, 3.05) is 19.8 Å². The molecule has 27 heavy (non-hydrogen) atoms. The summed E-state index contributed by atoms with van der Waals surface area (Å²) in [5, 5.41) is 13.4. The number of benzene rings is 2. The topological polar surface area (TPSA) is 77.3 Å². The largest absolute Gasteiger partial charge is 0.487 e. The number of carboxylic acids is 1. The second-order valence-corrected chi connectivity index (χ2v) is 5.74. The fourth-order valence-electron chi connectivity index (χ4n) is 2.48. The third-order valence-electron chi connectivity index (χ3n) is 3.75. The molecule has 0 aliphatic carbocycles. The molecule has 0 aliphatic heterocycles. The molecule has 6 nitrogen and oxygen atoms in total. The minimum Gasteiger partial charge on any atom is -0.487 e. The lowest BCUT2D eigenvalue weighted by molar-refractivity contribution is -0.149. The lowest BCUT2D eigenvalue weighted by Crippen LogP contribution is -2.26. The number of hydrogen-bond donors (Lipinski definition) is 1. The van der Waals surface area contributed by atoms with Crippen LogP contribution in [0.25, 0.3) is 0 Å². The first-order valence-corrected chi connectivity index (χ1v) is 8.94. The van der Waals surface area contributed by atoms with Crippen molar-refractivity contribution in [1.82, 2.24) is 0 Å². The maximum absolute atomic E-state index is 11.3. The fourth-order valence-corrected chi connectivity index (χ4v) is 2.48. The molecule has 1 N–H and O–H groups in total. The second kappa shape index (κ2) is 11.0. The molecule has 0 saturated carbocycles. The highest BCUT2D eigenvalue weighted by Gasteiger charge is 2.18. The van der Waals surface area contributed by atoms with Crippen LogP contribution in [0.2, 0.25) is 0 Å². The van der Waals surface area contributed by atoms with Gasteiger partial charge < -0.3 is 19.4 Å². The van der Waals surface area contributed by atoms with Gasteiger partial charge in [-0.15, -0.1) is 0 Å². The van der Waals surface area contributed by atoms with Crippen LogP contribution >= 0.6 is 0 Å². The van der Waals surface area contributed by atoms with Gasteiger partial charge in [-0.1, -0.05) is 47.6 Å². The number of oxime groups is 1. The van der Waals surface area contributed by atoms with Crippen LogP contribution in [0.1, 0.15) is 25.0 Å². The van der Waals surface area contributed by atoms with Crippen molar-refractivity contribution >= 4 is 11.7 Å². The minimum absolute atomic E-state index is 0.237. The Morgan fingerprint density at radius 3 is 2.52 bits per heavy atom. The molecule has 144 valence electrons. The first kappa shape index (κ1) is 20.5. The zero-order valence-electron chi connectivity index (χ0n) is 15.6. The zero-order chi connectivity index (χ0) is 19.5. The van der Waals surface area contributed by atoms with Gasteiger partial charge in [-0.25, -0.2) is 4.79 Å². The summed E-state index contributed by atoms with van der Waals surface area (Å²) in [5.41, 5.74) is 2.43. The van der Waals surface area contributed by atoms with E-state index in [0.717, 1.165) is 11.1 Å². The van der Waals surface area contributed by atoms with Gasteiger partial charge >= 0.3 is 5.97 Å². The van der Waals surface area contributed by atoms with Crippen LogP contribution < -0.4 is 4.74 Å². The first-order valence-electron chi connectivity index (χ1n) is 8.94. The van der Waals surface area contributed by atoms with Crippen LogP contribution in [-0.4, -0.2) is 42.7 Å². The van der Waals surface area contributed by atoms with E-state index in [1.165, 1.54) is 0 Å². The van der Waals surface area contributed by atoms with Gasteiger partial charge in [-0.2, -0.15) is 0 Å². The molecule has 0 fully saturated rings. The van der Waals surface area contributed by atoms with Gasteiger partial charge in [0.2, 0.25) is 0 Å². The van der Waals surface area contributed by atoms with Crippen molar-refractivity contribution in [1.29, 1.82) is 0 Å². The van der Waals surface area contributed by atoms with Crippen LogP contribution in [0.5, 0.6) is 5.75 Å². The molecule has 0 saturated heterocycles.